The summed E-state index contributed by atoms with van der Waals surface area (Å²) in [5, 5.41) is -0.0305. The van der Waals surface area contributed by atoms with Gasteiger partial charge in [-0.2, -0.15) is 30.0 Å². The highest BCUT2D eigenvalue weighted by Gasteiger charge is 2.46. The molecule has 0 spiro atoms. The molecule has 0 saturated carbocycles. The Bertz CT molecular complexity index is 1470. The SMILES string of the molecule is CC(C)(C)CC(C)(C)c1ccc(OS(=O)(=O)c2ccc(NS(=O)(=O)C(F)(F)F)c3ccccc23)cc1. The summed E-state index contributed by atoms with van der Waals surface area (Å²) in [6.07, 6.45) is 0.898. The normalized spacial score (nSPS) is 13.6. The quantitative estimate of drug-likeness (QED) is 0.340. The summed E-state index contributed by atoms with van der Waals surface area (Å²) in [6.45, 7) is 10.6. The van der Waals surface area contributed by atoms with Crippen molar-refractivity contribution in [1.29, 1.82) is 0 Å². The second kappa shape index (κ2) is 9.26. The van der Waals surface area contributed by atoms with Crippen LogP contribution in [0.1, 0.15) is 46.6 Å². The summed E-state index contributed by atoms with van der Waals surface area (Å²) in [4.78, 5) is -0.315. The molecular formula is C25H28F3NO5S2. The van der Waals surface area contributed by atoms with E-state index < -0.39 is 31.3 Å². The molecule has 3 rings (SSSR count). The third-order valence-corrected chi connectivity index (χ3v) is 7.92. The number of hydrogen-bond donors (Lipinski definition) is 1. The molecule has 0 atom stereocenters. The Morgan fingerprint density at radius 2 is 1.33 bits per heavy atom. The molecule has 3 aromatic carbocycles. The minimum absolute atomic E-state index is 0.00260. The van der Waals surface area contributed by atoms with Gasteiger partial charge in [-0.05, 0) is 47.1 Å². The topological polar surface area (TPSA) is 89.5 Å². The van der Waals surface area contributed by atoms with E-state index in [9.17, 15) is 30.0 Å². The number of anilines is 1. The lowest BCUT2D eigenvalue weighted by Crippen LogP contribution is -2.30. The van der Waals surface area contributed by atoms with E-state index in [2.05, 4.69) is 34.6 Å². The van der Waals surface area contributed by atoms with Gasteiger partial charge in [0.15, 0.2) is 0 Å². The van der Waals surface area contributed by atoms with Gasteiger partial charge in [0.05, 0.1) is 5.69 Å². The van der Waals surface area contributed by atoms with Crippen molar-refractivity contribution in [3.63, 3.8) is 0 Å². The molecule has 0 bridgehead atoms. The monoisotopic (exact) mass is 543 g/mol. The third-order valence-electron chi connectivity index (χ3n) is 5.52. The Morgan fingerprint density at radius 1 is 0.778 bits per heavy atom. The maximum atomic E-state index is 13.1. The van der Waals surface area contributed by atoms with E-state index in [4.69, 9.17) is 4.18 Å². The van der Waals surface area contributed by atoms with Crippen molar-refractivity contribution in [2.75, 3.05) is 4.72 Å². The summed E-state index contributed by atoms with van der Waals surface area (Å²) >= 11 is 0. The first-order chi connectivity index (χ1) is 16.3. The summed E-state index contributed by atoms with van der Waals surface area (Å²) < 4.78 is 94.7. The zero-order valence-electron chi connectivity index (χ0n) is 20.5. The molecule has 3 aromatic rings. The molecule has 0 saturated heterocycles. The molecule has 0 radical (unpaired) electrons. The number of rotatable bonds is 7. The number of fused-ring (bicyclic) bond motifs is 1. The highest BCUT2D eigenvalue weighted by atomic mass is 32.2. The zero-order valence-corrected chi connectivity index (χ0v) is 22.1. The van der Waals surface area contributed by atoms with Gasteiger partial charge < -0.3 is 4.18 Å². The fourth-order valence-electron chi connectivity index (χ4n) is 4.34. The van der Waals surface area contributed by atoms with Crippen LogP contribution in [0.3, 0.4) is 0 Å². The molecule has 6 nitrogen and oxygen atoms in total. The van der Waals surface area contributed by atoms with Gasteiger partial charge >= 0.3 is 25.6 Å². The Morgan fingerprint density at radius 3 is 1.86 bits per heavy atom. The Kier molecular flexibility index (Phi) is 7.15. The molecule has 11 heteroatoms. The number of halogens is 3. The summed E-state index contributed by atoms with van der Waals surface area (Å²) in [6, 6.07) is 14.2. The van der Waals surface area contributed by atoms with Crippen LogP contribution in [0.25, 0.3) is 10.8 Å². The predicted molar refractivity (Wildman–Crippen MR) is 134 cm³/mol. The largest absolute Gasteiger partial charge is 0.516 e. The van der Waals surface area contributed by atoms with Gasteiger partial charge in [0.25, 0.3) is 0 Å². The van der Waals surface area contributed by atoms with Crippen LogP contribution < -0.4 is 8.91 Å². The van der Waals surface area contributed by atoms with Crippen LogP contribution in [0.5, 0.6) is 5.75 Å². The van der Waals surface area contributed by atoms with Gasteiger partial charge in [0.1, 0.15) is 10.6 Å². The van der Waals surface area contributed by atoms with Crippen molar-refractivity contribution in [3.05, 3.63) is 66.2 Å². The number of sulfonamides is 1. The molecule has 0 heterocycles. The number of alkyl halides is 3. The van der Waals surface area contributed by atoms with E-state index in [-0.39, 0.29) is 32.2 Å². The first kappa shape index (κ1) is 27.8. The van der Waals surface area contributed by atoms with Crippen molar-refractivity contribution in [3.8, 4) is 5.75 Å². The molecule has 0 aromatic heterocycles. The molecule has 0 unspecified atom stereocenters. The molecule has 36 heavy (non-hydrogen) atoms. The Labute approximate surface area is 209 Å². The molecule has 0 aliphatic rings. The first-order valence-electron chi connectivity index (χ1n) is 11.0. The Balaban J connectivity index is 1.95. The summed E-state index contributed by atoms with van der Waals surface area (Å²) in [5.74, 6) is 0.0660. The third kappa shape index (κ3) is 6.12. The van der Waals surface area contributed by atoms with Crippen LogP contribution in [0, 0.1) is 5.41 Å². The lowest BCUT2D eigenvalue weighted by atomic mass is 9.72. The number of nitrogens with one attached hydrogen (secondary N) is 1. The van der Waals surface area contributed by atoms with E-state index in [1.54, 1.807) is 24.3 Å². The zero-order chi connectivity index (χ0) is 27.2. The van der Waals surface area contributed by atoms with Gasteiger partial charge in [-0.1, -0.05) is 71.0 Å². The lowest BCUT2D eigenvalue weighted by Gasteiger charge is -2.33. The van der Waals surface area contributed by atoms with E-state index in [0.717, 1.165) is 24.1 Å². The average Bonchev–Trinajstić information content (AvgIpc) is 2.71. The minimum Gasteiger partial charge on any atom is -0.379 e. The number of hydrogen-bond acceptors (Lipinski definition) is 5. The molecule has 196 valence electrons. The van der Waals surface area contributed by atoms with E-state index in [1.807, 2.05) is 0 Å². The molecular weight excluding hydrogens is 515 g/mol. The maximum Gasteiger partial charge on any atom is 0.516 e. The van der Waals surface area contributed by atoms with Gasteiger partial charge in [0, 0.05) is 10.8 Å². The van der Waals surface area contributed by atoms with Crippen molar-refractivity contribution in [1.82, 2.24) is 0 Å². The Hall–Kier alpha value is -2.79. The van der Waals surface area contributed by atoms with E-state index in [1.165, 1.54) is 29.0 Å². The average molecular weight is 544 g/mol. The molecule has 0 fully saturated rings. The highest BCUT2D eigenvalue weighted by Crippen LogP contribution is 2.37. The van der Waals surface area contributed by atoms with Gasteiger partial charge in [-0.3, -0.25) is 4.72 Å². The highest BCUT2D eigenvalue weighted by molar-refractivity contribution is 7.93. The lowest BCUT2D eigenvalue weighted by molar-refractivity contribution is -0.0429. The summed E-state index contributed by atoms with van der Waals surface area (Å²) in [7, 11) is -10.1. The van der Waals surface area contributed by atoms with E-state index >= 15 is 0 Å². The van der Waals surface area contributed by atoms with Crippen molar-refractivity contribution in [2.24, 2.45) is 5.41 Å². The molecule has 0 amide bonds. The van der Waals surface area contributed by atoms with Crippen LogP contribution in [0.2, 0.25) is 0 Å². The van der Waals surface area contributed by atoms with Crippen LogP contribution in [0.4, 0.5) is 18.9 Å². The second-order valence-corrected chi connectivity index (χ2v) is 13.6. The van der Waals surface area contributed by atoms with Crippen LogP contribution in [-0.2, 0) is 25.6 Å². The minimum atomic E-state index is -5.70. The van der Waals surface area contributed by atoms with Crippen LogP contribution >= 0.6 is 0 Å². The summed E-state index contributed by atoms with van der Waals surface area (Å²) in [5.41, 5.74) is -5.01. The molecule has 1 N–H and O–H groups in total. The van der Waals surface area contributed by atoms with Gasteiger partial charge in [0.2, 0.25) is 0 Å². The smallest absolute Gasteiger partial charge is 0.379 e. The number of benzene rings is 3. The van der Waals surface area contributed by atoms with Crippen molar-refractivity contribution < 1.29 is 34.2 Å². The maximum absolute atomic E-state index is 13.1. The van der Waals surface area contributed by atoms with E-state index in [0.29, 0.717) is 0 Å². The van der Waals surface area contributed by atoms with Crippen molar-refractivity contribution in [2.45, 2.75) is 56.9 Å². The first-order valence-corrected chi connectivity index (χ1v) is 13.9. The van der Waals surface area contributed by atoms with Crippen LogP contribution in [0.15, 0.2) is 65.6 Å². The fourth-order valence-corrected chi connectivity index (χ4v) is 6.06. The van der Waals surface area contributed by atoms with Gasteiger partial charge in [-0.25, -0.2) is 0 Å². The second-order valence-electron chi connectivity index (χ2n) is 10.4. The standard InChI is InChI=1S/C25H28F3NO5S2/c1-23(2,3)16-24(4,5)17-10-12-18(13-11-17)34-35(30,31)22-15-14-21(19-8-6-7-9-20(19)22)29-36(32,33)25(26,27)28/h6-15,29H,16H2,1-5H3. The van der Waals surface area contributed by atoms with Gasteiger partial charge in [-0.15, -0.1) is 0 Å². The van der Waals surface area contributed by atoms with Crippen LogP contribution in [-0.4, -0.2) is 22.3 Å². The molecule has 0 aliphatic heterocycles. The fraction of sp³-hybridized carbons (Fsp3) is 0.360. The molecule has 0 aliphatic carbocycles. The predicted octanol–water partition coefficient (Wildman–Crippen LogP) is 6.58. The van der Waals surface area contributed by atoms with Crippen molar-refractivity contribution >= 4 is 36.6 Å².